The molecule has 1 aromatic heterocycles. The molecule has 3 aromatic rings. The fourth-order valence-electron chi connectivity index (χ4n) is 2.62. The zero-order valence-electron chi connectivity index (χ0n) is 14.2. The van der Waals surface area contributed by atoms with E-state index in [4.69, 9.17) is 9.47 Å². The van der Waals surface area contributed by atoms with E-state index in [9.17, 15) is 4.79 Å². The fraction of sp³-hybridized carbons (Fsp3) is 0.158. The molecule has 0 atom stereocenters. The van der Waals surface area contributed by atoms with Crippen LogP contribution in [0.4, 0.5) is 11.4 Å². The number of hydrogen-bond acceptors (Lipinski definition) is 5. The topological polar surface area (TPSA) is 60.5 Å². The summed E-state index contributed by atoms with van der Waals surface area (Å²) in [4.78, 5) is 16.3. The molecule has 0 radical (unpaired) electrons. The molecule has 0 saturated heterocycles. The third-order valence-electron chi connectivity index (χ3n) is 3.71. The van der Waals surface area contributed by atoms with Crippen molar-refractivity contribution in [1.29, 1.82) is 0 Å². The molecule has 0 aliphatic carbocycles. The number of esters is 1. The summed E-state index contributed by atoms with van der Waals surface area (Å²) in [5, 5.41) is 4.30. The van der Waals surface area contributed by atoms with Gasteiger partial charge < -0.3 is 14.8 Å². The number of para-hydroxylation sites is 1. The molecule has 0 bridgehead atoms. The molecule has 130 valence electrons. The van der Waals surface area contributed by atoms with Gasteiger partial charge in [-0.05, 0) is 37.3 Å². The Morgan fingerprint density at radius 3 is 2.56 bits per heavy atom. The third kappa shape index (κ3) is 3.83. The van der Waals surface area contributed by atoms with E-state index in [0.717, 1.165) is 33.7 Å². The number of aromatic nitrogens is 1. The van der Waals surface area contributed by atoms with Crippen LogP contribution >= 0.6 is 12.4 Å². The normalized spacial score (nSPS) is 10.0. The molecule has 1 heterocycles. The van der Waals surface area contributed by atoms with Gasteiger partial charge in [-0.15, -0.1) is 12.4 Å². The summed E-state index contributed by atoms with van der Waals surface area (Å²) >= 11 is 0. The van der Waals surface area contributed by atoms with E-state index in [-0.39, 0.29) is 18.4 Å². The predicted molar refractivity (Wildman–Crippen MR) is 101 cm³/mol. The Morgan fingerprint density at radius 1 is 1.08 bits per heavy atom. The molecule has 0 aliphatic heterocycles. The van der Waals surface area contributed by atoms with Gasteiger partial charge in [0.25, 0.3) is 0 Å². The zero-order chi connectivity index (χ0) is 17.1. The van der Waals surface area contributed by atoms with Gasteiger partial charge >= 0.3 is 5.97 Å². The van der Waals surface area contributed by atoms with Gasteiger partial charge in [-0.2, -0.15) is 0 Å². The van der Waals surface area contributed by atoms with Crippen molar-refractivity contribution in [1.82, 2.24) is 4.98 Å². The minimum absolute atomic E-state index is 0. The Hall–Kier alpha value is -2.79. The second-order valence-corrected chi connectivity index (χ2v) is 5.37. The van der Waals surface area contributed by atoms with Gasteiger partial charge in [0.2, 0.25) is 0 Å². The van der Waals surface area contributed by atoms with Gasteiger partial charge in [0, 0.05) is 22.5 Å². The monoisotopic (exact) mass is 358 g/mol. The minimum Gasteiger partial charge on any atom is -0.494 e. The van der Waals surface area contributed by atoms with Crippen LogP contribution in [0.2, 0.25) is 0 Å². The molecule has 5 nitrogen and oxygen atoms in total. The van der Waals surface area contributed by atoms with Crippen molar-refractivity contribution in [2.45, 2.75) is 6.92 Å². The number of fused-ring (bicyclic) bond motifs is 1. The highest BCUT2D eigenvalue weighted by Gasteiger charge is 2.10. The first-order chi connectivity index (χ1) is 11.6. The first-order valence-electron chi connectivity index (χ1n) is 7.52. The van der Waals surface area contributed by atoms with Crippen LogP contribution in [0.25, 0.3) is 10.9 Å². The van der Waals surface area contributed by atoms with Crippen LogP contribution in [0.3, 0.4) is 0 Å². The fourth-order valence-corrected chi connectivity index (χ4v) is 2.62. The highest BCUT2D eigenvalue weighted by Crippen LogP contribution is 2.31. The first kappa shape index (κ1) is 18.5. The Labute approximate surface area is 152 Å². The Morgan fingerprint density at radius 2 is 1.84 bits per heavy atom. The average molecular weight is 359 g/mol. The molecular weight excluding hydrogens is 340 g/mol. The summed E-state index contributed by atoms with van der Waals surface area (Å²) in [6.45, 7) is 1.93. The molecule has 6 heteroatoms. The number of ether oxygens (including phenoxy) is 2. The van der Waals surface area contributed by atoms with E-state index in [1.807, 2.05) is 43.3 Å². The van der Waals surface area contributed by atoms with E-state index in [1.165, 1.54) is 7.11 Å². The number of anilines is 2. The number of pyridine rings is 1. The molecule has 0 aliphatic rings. The van der Waals surface area contributed by atoms with Gasteiger partial charge in [-0.25, -0.2) is 9.78 Å². The molecule has 0 unspecified atom stereocenters. The van der Waals surface area contributed by atoms with Crippen LogP contribution in [0, 0.1) is 6.92 Å². The van der Waals surface area contributed by atoms with Gasteiger partial charge in [0.15, 0.2) is 0 Å². The summed E-state index contributed by atoms with van der Waals surface area (Å²) in [5.41, 5.74) is 3.87. The first-order valence-corrected chi connectivity index (χ1v) is 7.52. The summed E-state index contributed by atoms with van der Waals surface area (Å²) < 4.78 is 10.2. The lowest BCUT2D eigenvalue weighted by Crippen LogP contribution is -2.02. The van der Waals surface area contributed by atoms with Crippen LogP contribution in [0.15, 0.2) is 48.5 Å². The number of rotatable bonds is 4. The SMILES string of the molecule is COC(=O)c1cccc(Nc2cc(C)nc3c(OC)cccc23)c1.Cl. The van der Waals surface area contributed by atoms with Gasteiger partial charge in [0.1, 0.15) is 11.3 Å². The van der Waals surface area contributed by atoms with Crippen molar-refractivity contribution >= 4 is 40.7 Å². The van der Waals surface area contributed by atoms with Gasteiger partial charge in [-0.3, -0.25) is 0 Å². The maximum atomic E-state index is 11.7. The van der Waals surface area contributed by atoms with Crippen molar-refractivity contribution in [3.8, 4) is 5.75 Å². The van der Waals surface area contributed by atoms with Crippen LogP contribution < -0.4 is 10.1 Å². The maximum Gasteiger partial charge on any atom is 0.337 e. The molecule has 1 N–H and O–H groups in total. The van der Waals surface area contributed by atoms with Crippen molar-refractivity contribution in [2.24, 2.45) is 0 Å². The second-order valence-electron chi connectivity index (χ2n) is 5.37. The van der Waals surface area contributed by atoms with Crippen LogP contribution in [0.5, 0.6) is 5.75 Å². The van der Waals surface area contributed by atoms with Gasteiger partial charge in [0.05, 0.1) is 19.8 Å². The molecular formula is C19H19ClN2O3. The summed E-state index contributed by atoms with van der Waals surface area (Å²) in [6, 6.07) is 14.9. The van der Waals surface area contributed by atoms with E-state index < -0.39 is 0 Å². The van der Waals surface area contributed by atoms with E-state index in [1.54, 1.807) is 19.2 Å². The number of hydrogen-bond donors (Lipinski definition) is 1. The van der Waals surface area contributed by atoms with E-state index >= 15 is 0 Å². The van der Waals surface area contributed by atoms with Crippen LogP contribution in [-0.4, -0.2) is 25.2 Å². The number of halogens is 1. The van der Waals surface area contributed by atoms with Crippen molar-refractivity contribution in [2.75, 3.05) is 19.5 Å². The van der Waals surface area contributed by atoms with Crippen molar-refractivity contribution in [3.05, 3.63) is 59.8 Å². The minimum atomic E-state index is -0.365. The maximum absolute atomic E-state index is 11.7. The Balaban J connectivity index is 0.00000225. The number of aryl methyl sites for hydroxylation is 1. The Kier molecular flexibility index (Phi) is 5.83. The van der Waals surface area contributed by atoms with Crippen molar-refractivity contribution < 1.29 is 14.3 Å². The van der Waals surface area contributed by atoms with Crippen LogP contribution in [0.1, 0.15) is 16.1 Å². The number of methoxy groups -OCH3 is 2. The average Bonchev–Trinajstić information content (AvgIpc) is 2.60. The molecule has 25 heavy (non-hydrogen) atoms. The zero-order valence-corrected chi connectivity index (χ0v) is 15.0. The summed E-state index contributed by atoms with van der Waals surface area (Å²) in [7, 11) is 3.00. The molecule has 0 saturated carbocycles. The van der Waals surface area contributed by atoms with Crippen LogP contribution in [-0.2, 0) is 4.74 Å². The molecule has 0 amide bonds. The molecule has 0 spiro atoms. The highest BCUT2D eigenvalue weighted by atomic mass is 35.5. The summed E-state index contributed by atoms with van der Waals surface area (Å²) in [6.07, 6.45) is 0. The molecule has 3 rings (SSSR count). The lowest BCUT2D eigenvalue weighted by atomic mass is 10.1. The number of carbonyl (C=O) groups excluding carboxylic acids is 1. The summed E-state index contributed by atoms with van der Waals surface area (Å²) in [5.74, 6) is 0.360. The molecule has 2 aromatic carbocycles. The Bertz CT molecular complexity index is 912. The second kappa shape index (κ2) is 7.85. The number of nitrogens with one attached hydrogen (secondary N) is 1. The smallest absolute Gasteiger partial charge is 0.337 e. The molecule has 0 fully saturated rings. The lowest BCUT2D eigenvalue weighted by molar-refractivity contribution is 0.0601. The quantitative estimate of drug-likeness (QED) is 0.695. The number of benzene rings is 2. The third-order valence-corrected chi connectivity index (χ3v) is 3.71. The lowest BCUT2D eigenvalue weighted by Gasteiger charge is -2.13. The predicted octanol–water partition coefficient (Wildman–Crippen LogP) is 4.50. The van der Waals surface area contributed by atoms with Gasteiger partial charge in [-0.1, -0.05) is 18.2 Å². The van der Waals surface area contributed by atoms with Crippen molar-refractivity contribution in [3.63, 3.8) is 0 Å². The largest absolute Gasteiger partial charge is 0.494 e. The standard InChI is InChI=1S/C19H18N2O3.ClH/c1-12-10-16(15-8-5-9-17(23-2)18(15)20-12)21-14-7-4-6-13(11-14)19(22)24-3;/h4-11H,1-3H3,(H,20,21);1H. The highest BCUT2D eigenvalue weighted by molar-refractivity contribution is 5.97. The van der Waals surface area contributed by atoms with E-state index in [2.05, 4.69) is 10.3 Å². The van der Waals surface area contributed by atoms with E-state index in [0.29, 0.717) is 5.56 Å². The number of carbonyl (C=O) groups is 1. The number of nitrogens with zero attached hydrogens (tertiary/aromatic N) is 1.